The maximum atomic E-state index is 12.1. The SMILES string of the molecule is CCCCc1ccc(OP(=O)([O-])Oc2ccc(CCCC)cc2)cc1.[Li+]. The first kappa shape index (κ1) is 22.9. The quantitative estimate of drug-likeness (QED) is 0.477. The second-order valence-corrected chi connectivity index (χ2v) is 7.38. The van der Waals surface area contributed by atoms with Crippen molar-refractivity contribution in [2.75, 3.05) is 0 Å². The summed E-state index contributed by atoms with van der Waals surface area (Å²) in [5, 5.41) is 0. The van der Waals surface area contributed by atoms with E-state index in [0.29, 0.717) is 0 Å². The Balaban J connectivity index is 0.00000338. The van der Waals surface area contributed by atoms with Crippen molar-refractivity contribution in [3.8, 4) is 11.5 Å². The summed E-state index contributed by atoms with van der Waals surface area (Å²) in [7, 11) is -4.46. The van der Waals surface area contributed by atoms with E-state index in [2.05, 4.69) is 13.8 Å². The maximum absolute atomic E-state index is 12.1. The van der Waals surface area contributed by atoms with E-state index in [1.807, 2.05) is 24.3 Å². The van der Waals surface area contributed by atoms with Gasteiger partial charge in [0.2, 0.25) is 0 Å². The fraction of sp³-hybridized carbons (Fsp3) is 0.400. The third-order valence-corrected chi connectivity index (χ3v) is 4.79. The fourth-order valence-corrected chi connectivity index (χ4v) is 3.27. The Labute approximate surface area is 168 Å². The van der Waals surface area contributed by atoms with Crippen molar-refractivity contribution in [3.63, 3.8) is 0 Å². The summed E-state index contributed by atoms with van der Waals surface area (Å²) in [6, 6.07) is 14.2. The number of phosphoric acid groups is 1. The number of rotatable bonds is 10. The molecular weight excluding hydrogens is 342 g/mol. The molecule has 136 valence electrons. The first-order valence-corrected chi connectivity index (χ1v) is 10.4. The van der Waals surface area contributed by atoms with Crippen molar-refractivity contribution in [1.82, 2.24) is 0 Å². The monoisotopic (exact) mass is 368 g/mol. The number of phosphoric ester groups is 1. The van der Waals surface area contributed by atoms with Crippen molar-refractivity contribution in [3.05, 3.63) is 59.7 Å². The van der Waals surface area contributed by atoms with Crippen LogP contribution in [0.5, 0.6) is 11.5 Å². The van der Waals surface area contributed by atoms with Crippen molar-refractivity contribution in [2.24, 2.45) is 0 Å². The predicted molar refractivity (Wildman–Crippen MR) is 99.0 cm³/mol. The molecule has 0 aliphatic carbocycles. The van der Waals surface area contributed by atoms with E-state index < -0.39 is 7.82 Å². The van der Waals surface area contributed by atoms with Crippen molar-refractivity contribution >= 4 is 7.82 Å². The molecule has 0 N–H and O–H groups in total. The molecule has 4 nitrogen and oxygen atoms in total. The van der Waals surface area contributed by atoms with Crippen LogP contribution in [0.4, 0.5) is 0 Å². The van der Waals surface area contributed by atoms with Crippen molar-refractivity contribution in [2.45, 2.75) is 52.4 Å². The van der Waals surface area contributed by atoms with E-state index >= 15 is 0 Å². The van der Waals surface area contributed by atoms with Gasteiger partial charge in [0.25, 0.3) is 0 Å². The number of unbranched alkanes of at least 4 members (excludes halogenated alkanes) is 2. The van der Waals surface area contributed by atoms with Gasteiger partial charge in [0.1, 0.15) is 11.5 Å². The Morgan fingerprint density at radius 3 is 1.42 bits per heavy atom. The molecule has 2 aromatic rings. The zero-order chi connectivity index (χ0) is 18.1. The van der Waals surface area contributed by atoms with Crippen LogP contribution in [0.1, 0.15) is 50.7 Å². The molecule has 0 saturated heterocycles. The van der Waals surface area contributed by atoms with Crippen molar-refractivity contribution in [1.29, 1.82) is 0 Å². The van der Waals surface area contributed by atoms with Gasteiger partial charge >= 0.3 is 26.7 Å². The molecule has 0 atom stereocenters. The summed E-state index contributed by atoms with van der Waals surface area (Å²) in [4.78, 5) is 12.1. The minimum Gasteiger partial charge on any atom is -0.736 e. The minimum atomic E-state index is -4.46. The molecule has 2 aromatic carbocycles. The van der Waals surface area contributed by atoms with Gasteiger partial charge in [-0.3, -0.25) is 0 Å². The summed E-state index contributed by atoms with van der Waals surface area (Å²) >= 11 is 0. The van der Waals surface area contributed by atoms with Gasteiger partial charge in [0.05, 0.1) is 0 Å². The van der Waals surface area contributed by atoms with Crippen LogP contribution in [0.2, 0.25) is 0 Å². The molecule has 26 heavy (non-hydrogen) atoms. The zero-order valence-electron chi connectivity index (χ0n) is 15.9. The Hall–Kier alpha value is -1.17. The molecule has 0 amide bonds. The van der Waals surface area contributed by atoms with Gasteiger partial charge < -0.3 is 13.9 Å². The van der Waals surface area contributed by atoms with Gasteiger partial charge in [-0.25, -0.2) is 4.57 Å². The molecule has 0 aromatic heterocycles. The molecule has 0 unspecified atom stereocenters. The first-order chi connectivity index (χ1) is 12.0. The first-order valence-electron chi connectivity index (χ1n) is 8.90. The third-order valence-electron chi connectivity index (χ3n) is 3.92. The number of aryl methyl sites for hydroxylation is 2. The number of benzene rings is 2. The average Bonchev–Trinajstić information content (AvgIpc) is 2.60. The topological polar surface area (TPSA) is 58.6 Å². The van der Waals surface area contributed by atoms with Crippen LogP contribution in [0, 0.1) is 0 Å². The summed E-state index contributed by atoms with van der Waals surface area (Å²) in [5.41, 5.74) is 2.33. The van der Waals surface area contributed by atoms with Crippen molar-refractivity contribution < 1.29 is 37.4 Å². The average molecular weight is 368 g/mol. The van der Waals surface area contributed by atoms with E-state index in [0.717, 1.165) is 38.5 Å². The Bertz CT molecular complexity index is 628. The standard InChI is InChI=1S/C20H27O4P.Li/c1-3-5-7-17-9-13-19(14-10-17)23-25(21,22)24-20-15-11-18(12-16-20)8-6-4-2;/h9-16H,3-8H2,1-2H3,(H,21,22);/q;+1/p-1. The van der Waals surface area contributed by atoms with E-state index in [9.17, 15) is 9.46 Å². The summed E-state index contributed by atoms with van der Waals surface area (Å²) < 4.78 is 22.1. The van der Waals surface area contributed by atoms with E-state index in [1.54, 1.807) is 24.3 Å². The zero-order valence-corrected chi connectivity index (χ0v) is 16.8. The summed E-state index contributed by atoms with van der Waals surface area (Å²) in [5.74, 6) is 0.524. The number of hydrogen-bond donors (Lipinski definition) is 0. The van der Waals surface area contributed by atoms with Crippen LogP contribution < -0.4 is 32.8 Å². The molecule has 0 spiro atoms. The molecule has 0 radical (unpaired) electrons. The Morgan fingerprint density at radius 1 is 0.769 bits per heavy atom. The molecule has 0 aliphatic heterocycles. The molecule has 0 bridgehead atoms. The predicted octanol–water partition coefficient (Wildman–Crippen LogP) is 2.30. The number of hydrogen-bond acceptors (Lipinski definition) is 4. The fourth-order valence-electron chi connectivity index (χ4n) is 2.47. The molecular formula is C20H26LiO4P. The molecule has 6 heteroatoms. The van der Waals surface area contributed by atoms with Crippen LogP contribution in [-0.2, 0) is 17.4 Å². The minimum absolute atomic E-state index is 0. The van der Waals surface area contributed by atoms with Gasteiger partial charge in [0.15, 0.2) is 0 Å². The Morgan fingerprint density at radius 2 is 1.12 bits per heavy atom. The van der Waals surface area contributed by atoms with Crippen LogP contribution in [0.25, 0.3) is 0 Å². The van der Waals surface area contributed by atoms with Gasteiger partial charge in [0, 0.05) is 0 Å². The largest absolute Gasteiger partial charge is 1.00 e. The van der Waals surface area contributed by atoms with E-state index in [1.165, 1.54) is 11.1 Å². The van der Waals surface area contributed by atoms with Gasteiger partial charge in [-0.2, -0.15) is 0 Å². The normalized spacial score (nSPS) is 10.9. The molecule has 2 rings (SSSR count). The van der Waals surface area contributed by atoms with Crippen LogP contribution in [-0.4, -0.2) is 0 Å². The van der Waals surface area contributed by atoms with Crippen LogP contribution >= 0.6 is 7.82 Å². The van der Waals surface area contributed by atoms with E-state index in [-0.39, 0.29) is 30.4 Å². The Kier molecular flexibility index (Phi) is 10.1. The molecule has 0 saturated carbocycles. The summed E-state index contributed by atoms with van der Waals surface area (Å²) in [6.07, 6.45) is 6.42. The maximum Gasteiger partial charge on any atom is 1.00 e. The second-order valence-electron chi connectivity index (χ2n) is 6.12. The smallest absolute Gasteiger partial charge is 0.736 e. The van der Waals surface area contributed by atoms with Gasteiger partial charge in [-0.15, -0.1) is 0 Å². The third kappa shape index (κ3) is 8.02. The summed E-state index contributed by atoms with van der Waals surface area (Å²) in [6.45, 7) is 4.28. The van der Waals surface area contributed by atoms with E-state index in [4.69, 9.17) is 9.05 Å². The molecule has 0 heterocycles. The van der Waals surface area contributed by atoms with Gasteiger partial charge in [-0.1, -0.05) is 51.0 Å². The van der Waals surface area contributed by atoms with Crippen LogP contribution in [0.15, 0.2) is 48.5 Å². The molecule has 0 aliphatic rings. The van der Waals surface area contributed by atoms with Crippen LogP contribution in [0.3, 0.4) is 0 Å². The molecule has 0 fully saturated rings. The van der Waals surface area contributed by atoms with Gasteiger partial charge in [-0.05, 0) is 61.1 Å². The second kappa shape index (κ2) is 11.5.